The number of nitrogens with one attached hydrogen (secondary N) is 2. The predicted molar refractivity (Wildman–Crippen MR) is 123 cm³/mol. The molecule has 1 aliphatic heterocycles. The minimum absolute atomic E-state index is 0.0730. The third-order valence-electron chi connectivity index (χ3n) is 5.29. The van der Waals surface area contributed by atoms with Crippen LogP contribution in [0.1, 0.15) is 17.2 Å². The molecule has 31 heavy (non-hydrogen) atoms. The van der Waals surface area contributed by atoms with Gasteiger partial charge in [0.05, 0.1) is 6.04 Å². The molecule has 1 aromatic heterocycles. The van der Waals surface area contributed by atoms with Gasteiger partial charge in [-0.3, -0.25) is 4.79 Å². The lowest BCUT2D eigenvalue weighted by atomic mass is 10.0. The van der Waals surface area contributed by atoms with E-state index < -0.39 is 5.25 Å². The molecule has 5 rings (SSSR count). The van der Waals surface area contributed by atoms with Crippen LogP contribution < -0.4 is 10.7 Å². The first-order chi connectivity index (χ1) is 15.2. The van der Waals surface area contributed by atoms with Gasteiger partial charge in [0, 0.05) is 11.3 Å². The largest absolute Gasteiger partial charge is 0.325 e. The number of carbonyl (C=O) groups excluding carboxylic acids is 1. The van der Waals surface area contributed by atoms with E-state index in [1.54, 1.807) is 0 Å². The number of hydrogen-bond donors (Lipinski definition) is 2. The summed E-state index contributed by atoms with van der Waals surface area (Å²) in [6, 6.07) is 27.5. The second-order valence-electron chi connectivity index (χ2n) is 7.37. The maximum absolute atomic E-state index is 13.4. The van der Waals surface area contributed by atoms with Gasteiger partial charge in [0.2, 0.25) is 11.1 Å². The van der Waals surface area contributed by atoms with Gasteiger partial charge in [0.25, 0.3) is 0 Å². The normalized spacial score (nSPS) is 17.5. The van der Waals surface area contributed by atoms with Crippen LogP contribution in [0.25, 0.3) is 11.4 Å². The van der Waals surface area contributed by atoms with Crippen molar-refractivity contribution in [2.24, 2.45) is 0 Å². The third-order valence-corrected chi connectivity index (χ3v) is 6.50. The number of fused-ring (bicyclic) bond motifs is 1. The van der Waals surface area contributed by atoms with Gasteiger partial charge in [-0.05, 0) is 24.1 Å². The van der Waals surface area contributed by atoms with Crippen molar-refractivity contribution >= 4 is 23.4 Å². The fourth-order valence-electron chi connectivity index (χ4n) is 3.66. The molecule has 2 unspecified atom stereocenters. The van der Waals surface area contributed by atoms with Gasteiger partial charge < -0.3 is 10.7 Å². The first kappa shape index (κ1) is 19.4. The van der Waals surface area contributed by atoms with Gasteiger partial charge in [-0.25, -0.2) is 4.68 Å². The molecule has 2 atom stereocenters. The van der Waals surface area contributed by atoms with E-state index >= 15 is 0 Å². The Labute approximate surface area is 184 Å². The van der Waals surface area contributed by atoms with Crippen LogP contribution in [0.3, 0.4) is 0 Å². The Morgan fingerprint density at radius 1 is 0.935 bits per heavy atom. The third kappa shape index (κ3) is 3.80. The Hall–Kier alpha value is -3.58. The number of aryl methyl sites for hydroxylation is 1. The average Bonchev–Trinajstić information content (AvgIpc) is 3.24. The highest BCUT2D eigenvalue weighted by molar-refractivity contribution is 8.00. The van der Waals surface area contributed by atoms with E-state index in [9.17, 15) is 4.79 Å². The first-order valence-corrected chi connectivity index (χ1v) is 10.9. The molecule has 2 N–H and O–H groups in total. The van der Waals surface area contributed by atoms with Crippen LogP contribution in [-0.4, -0.2) is 26.0 Å². The van der Waals surface area contributed by atoms with E-state index in [-0.39, 0.29) is 11.9 Å². The molecular weight excluding hydrogens is 406 g/mol. The number of para-hydroxylation sites is 1. The standard InChI is InChI=1S/C24H21N5OS/c1-16-10-8-9-15-19(16)25-23(30)21-20(17-11-4-2-5-12-17)28-29-22(26-27-24(29)31-21)18-13-6-3-7-14-18/h2-15,20-21,28H,1H3,(H,25,30). The van der Waals surface area contributed by atoms with Crippen molar-refractivity contribution in [3.05, 3.63) is 96.1 Å². The number of anilines is 1. The van der Waals surface area contributed by atoms with Crippen molar-refractivity contribution in [1.82, 2.24) is 14.9 Å². The van der Waals surface area contributed by atoms with Gasteiger partial charge in [-0.1, -0.05) is 90.6 Å². The molecule has 0 radical (unpaired) electrons. The molecule has 2 heterocycles. The summed E-state index contributed by atoms with van der Waals surface area (Å²) < 4.78 is 1.88. The highest BCUT2D eigenvalue weighted by Crippen LogP contribution is 2.39. The number of thioether (sulfide) groups is 1. The Balaban J connectivity index is 1.51. The summed E-state index contributed by atoms with van der Waals surface area (Å²) in [4.78, 5) is 13.4. The molecule has 7 heteroatoms. The van der Waals surface area contributed by atoms with Crippen molar-refractivity contribution in [3.8, 4) is 11.4 Å². The van der Waals surface area contributed by atoms with Crippen molar-refractivity contribution in [2.45, 2.75) is 23.4 Å². The monoisotopic (exact) mass is 427 g/mol. The molecule has 6 nitrogen and oxygen atoms in total. The number of amides is 1. The molecule has 0 bridgehead atoms. The summed E-state index contributed by atoms with van der Waals surface area (Å²) in [5, 5.41) is 12.1. The van der Waals surface area contributed by atoms with Gasteiger partial charge in [-0.15, -0.1) is 10.2 Å². The lowest BCUT2D eigenvalue weighted by Gasteiger charge is -2.33. The predicted octanol–water partition coefficient (Wildman–Crippen LogP) is 4.65. The fourth-order valence-corrected chi connectivity index (χ4v) is 4.74. The summed E-state index contributed by atoms with van der Waals surface area (Å²) in [7, 11) is 0. The summed E-state index contributed by atoms with van der Waals surface area (Å²) >= 11 is 1.42. The smallest absolute Gasteiger partial charge is 0.240 e. The van der Waals surface area contributed by atoms with Crippen LogP contribution >= 0.6 is 11.8 Å². The van der Waals surface area contributed by atoms with E-state index in [1.165, 1.54) is 11.8 Å². The summed E-state index contributed by atoms with van der Waals surface area (Å²) in [6.45, 7) is 1.99. The molecule has 0 fully saturated rings. The van der Waals surface area contributed by atoms with Gasteiger partial charge >= 0.3 is 0 Å². The highest BCUT2D eigenvalue weighted by Gasteiger charge is 2.38. The van der Waals surface area contributed by atoms with E-state index in [4.69, 9.17) is 0 Å². The van der Waals surface area contributed by atoms with Crippen LogP contribution in [-0.2, 0) is 4.79 Å². The molecule has 1 amide bonds. The number of benzene rings is 3. The SMILES string of the molecule is Cc1ccccc1NC(=O)C1Sc2nnc(-c3ccccc3)n2NC1c1ccccc1. The van der Waals surface area contributed by atoms with Crippen molar-refractivity contribution in [2.75, 3.05) is 10.7 Å². The first-order valence-electron chi connectivity index (χ1n) is 10.1. The number of hydrogen-bond acceptors (Lipinski definition) is 5. The van der Waals surface area contributed by atoms with Gasteiger partial charge in [0.15, 0.2) is 5.82 Å². The maximum atomic E-state index is 13.4. The zero-order chi connectivity index (χ0) is 21.2. The maximum Gasteiger partial charge on any atom is 0.240 e. The van der Waals surface area contributed by atoms with Crippen molar-refractivity contribution in [3.63, 3.8) is 0 Å². The number of nitrogens with zero attached hydrogens (tertiary/aromatic N) is 3. The molecule has 0 aliphatic carbocycles. The summed E-state index contributed by atoms with van der Waals surface area (Å²) in [5.74, 6) is 0.651. The minimum atomic E-state index is -0.415. The average molecular weight is 428 g/mol. The zero-order valence-corrected chi connectivity index (χ0v) is 17.7. The van der Waals surface area contributed by atoms with E-state index in [1.807, 2.05) is 96.5 Å². The van der Waals surface area contributed by atoms with Crippen LogP contribution in [0, 0.1) is 6.92 Å². The zero-order valence-electron chi connectivity index (χ0n) is 16.9. The summed E-state index contributed by atoms with van der Waals surface area (Å²) in [6.07, 6.45) is 0. The second-order valence-corrected chi connectivity index (χ2v) is 8.48. The molecule has 1 aliphatic rings. The molecule has 0 saturated carbocycles. The lowest BCUT2D eigenvalue weighted by molar-refractivity contribution is -0.116. The number of aromatic nitrogens is 3. The highest BCUT2D eigenvalue weighted by atomic mass is 32.2. The van der Waals surface area contributed by atoms with Gasteiger partial charge in [-0.2, -0.15) is 0 Å². The lowest BCUT2D eigenvalue weighted by Crippen LogP contribution is -2.41. The second kappa shape index (κ2) is 8.28. The molecule has 3 aromatic carbocycles. The fraction of sp³-hybridized carbons (Fsp3) is 0.125. The molecule has 0 saturated heterocycles. The van der Waals surface area contributed by atoms with Crippen molar-refractivity contribution in [1.29, 1.82) is 0 Å². The number of carbonyl (C=O) groups is 1. The Bertz CT molecular complexity index is 1210. The minimum Gasteiger partial charge on any atom is -0.325 e. The number of rotatable bonds is 4. The van der Waals surface area contributed by atoms with Crippen LogP contribution in [0.15, 0.2) is 90.1 Å². The van der Waals surface area contributed by atoms with Gasteiger partial charge in [0.1, 0.15) is 5.25 Å². The van der Waals surface area contributed by atoms with Crippen molar-refractivity contribution < 1.29 is 4.79 Å². The van der Waals surface area contributed by atoms with Crippen LogP contribution in [0.2, 0.25) is 0 Å². The molecule has 154 valence electrons. The molecule has 4 aromatic rings. The van der Waals surface area contributed by atoms with Crippen LogP contribution in [0.4, 0.5) is 5.69 Å². The van der Waals surface area contributed by atoms with Crippen LogP contribution in [0.5, 0.6) is 0 Å². The molecular formula is C24H21N5OS. The Morgan fingerprint density at radius 2 is 1.61 bits per heavy atom. The summed E-state index contributed by atoms with van der Waals surface area (Å²) in [5.41, 5.74) is 7.33. The van der Waals surface area contributed by atoms with E-state index in [2.05, 4.69) is 20.9 Å². The van der Waals surface area contributed by atoms with E-state index in [0.29, 0.717) is 5.16 Å². The quantitative estimate of drug-likeness (QED) is 0.496. The molecule has 0 spiro atoms. The Morgan fingerprint density at radius 3 is 2.35 bits per heavy atom. The topological polar surface area (TPSA) is 71.8 Å². The van der Waals surface area contributed by atoms with E-state index in [0.717, 1.165) is 28.2 Å². The Kier molecular flexibility index (Phi) is 5.18.